The second kappa shape index (κ2) is 9.00. The molecular weight excluding hydrogens is 381 g/mol. The molecule has 162 valence electrons. The van der Waals surface area contributed by atoms with Gasteiger partial charge in [-0.3, -0.25) is 4.79 Å². The Morgan fingerprint density at radius 1 is 1.23 bits per heavy atom. The monoisotopic (exact) mass is 413 g/mol. The molecule has 7 nitrogen and oxygen atoms in total. The Hall–Kier alpha value is -2.02. The predicted molar refractivity (Wildman–Crippen MR) is 116 cm³/mol. The van der Waals surface area contributed by atoms with Gasteiger partial charge in [-0.1, -0.05) is 54.7 Å². The normalized spacial score (nSPS) is 27.3. The van der Waals surface area contributed by atoms with Crippen LogP contribution in [0.4, 0.5) is 0 Å². The lowest BCUT2D eigenvalue weighted by Crippen LogP contribution is -2.42. The summed E-state index contributed by atoms with van der Waals surface area (Å²) < 4.78 is 17.7. The molecule has 2 fully saturated rings. The molecule has 0 radical (unpaired) electrons. The first-order valence-electron chi connectivity index (χ1n) is 10.8. The molecule has 1 heterocycles. The molecule has 1 saturated heterocycles. The zero-order chi connectivity index (χ0) is 21.8. The second-order valence-corrected chi connectivity index (χ2v) is 9.51. The van der Waals surface area contributed by atoms with Gasteiger partial charge in [0, 0.05) is 4.91 Å². The number of hydrogen-bond donors (Lipinski definition) is 0. The van der Waals surface area contributed by atoms with Gasteiger partial charge in [-0.25, -0.2) is 0 Å². The maximum absolute atomic E-state index is 12.9. The highest BCUT2D eigenvalue weighted by atomic mass is 16.7. The summed E-state index contributed by atoms with van der Waals surface area (Å²) in [5.74, 6) is -0.169. The van der Waals surface area contributed by atoms with Crippen LogP contribution in [0, 0.1) is 5.92 Å². The van der Waals surface area contributed by atoms with Crippen molar-refractivity contribution in [2.45, 2.75) is 89.5 Å². The number of carbonyl (C=O) groups is 1. The van der Waals surface area contributed by atoms with E-state index in [2.05, 4.69) is 10.0 Å². The largest absolute Gasteiger partial charge is 0.460 e. The molecule has 0 spiro atoms. The van der Waals surface area contributed by atoms with Crippen LogP contribution in [0.15, 0.2) is 35.4 Å². The fourth-order valence-electron chi connectivity index (χ4n) is 4.33. The van der Waals surface area contributed by atoms with Crippen LogP contribution in [0.25, 0.3) is 10.4 Å². The Labute approximate surface area is 179 Å². The maximum atomic E-state index is 12.9. The Balaban J connectivity index is 1.59. The first-order chi connectivity index (χ1) is 14.2. The van der Waals surface area contributed by atoms with E-state index in [9.17, 15) is 4.79 Å². The number of ether oxygens (including phenoxy) is 1. The predicted octanol–water partition coefficient (Wildman–Crippen LogP) is 5.45. The molecule has 3 rings (SSSR count). The van der Waals surface area contributed by atoms with Crippen molar-refractivity contribution in [2.24, 2.45) is 11.0 Å². The molecular formula is C22H32BN3O4. The molecule has 0 unspecified atom stereocenters. The third-order valence-electron chi connectivity index (χ3n) is 6.77. The number of azide groups is 1. The van der Waals surface area contributed by atoms with Crippen LogP contribution in [0.1, 0.15) is 65.4 Å². The van der Waals surface area contributed by atoms with E-state index < -0.39 is 11.5 Å². The lowest BCUT2D eigenvalue weighted by Gasteiger charge is -2.35. The molecule has 30 heavy (non-hydrogen) atoms. The molecule has 0 amide bonds. The minimum absolute atomic E-state index is 0.182. The minimum Gasteiger partial charge on any atom is -0.460 e. The number of nitrogens with zero attached hydrogens (tertiary/aromatic N) is 3. The van der Waals surface area contributed by atoms with Crippen LogP contribution in [0.5, 0.6) is 0 Å². The van der Waals surface area contributed by atoms with Crippen molar-refractivity contribution < 1.29 is 18.8 Å². The molecule has 1 aromatic rings. The number of carbonyl (C=O) groups excluding carboxylic acids is 1. The molecule has 0 bridgehead atoms. The average Bonchev–Trinajstić information content (AvgIpc) is 2.92. The topological polar surface area (TPSA) is 93.5 Å². The van der Waals surface area contributed by atoms with E-state index >= 15 is 0 Å². The first kappa shape index (κ1) is 22.7. The van der Waals surface area contributed by atoms with Gasteiger partial charge in [0.05, 0.1) is 11.2 Å². The van der Waals surface area contributed by atoms with Crippen molar-refractivity contribution in [2.75, 3.05) is 0 Å². The fourth-order valence-corrected chi connectivity index (χ4v) is 4.33. The van der Waals surface area contributed by atoms with Crippen molar-refractivity contribution in [1.82, 2.24) is 0 Å². The van der Waals surface area contributed by atoms with Crippen LogP contribution in [-0.4, -0.2) is 29.8 Å². The SMILES string of the molecule is CC1(C)OB(CC[C@@H]2CCC[C@](N=[N+]=[N-])(C(=O)OCc3ccccc3)C2)OC1(C)C. The molecule has 0 N–H and O–H groups in total. The van der Waals surface area contributed by atoms with Gasteiger partial charge < -0.3 is 14.0 Å². The maximum Gasteiger partial charge on any atom is 0.457 e. The lowest BCUT2D eigenvalue weighted by molar-refractivity contribution is -0.153. The van der Waals surface area contributed by atoms with Gasteiger partial charge >= 0.3 is 13.1 Å². The van der Waals surface area contributed by atoms with E-state index in [1.54, 1.807) is 0 Å². The third-order valence-corrected chi connectivity index (χ3v) is 6.77. The lowest BCUT2D eigenvalue weighted by atomic mass is 9.71. The van der Waals surface area contributed by atoms with Gasteiger partial charge in [0.25, 0.3) is 0 Å². The Bertz CT molecular complexity index is 779. The zero-order valence-electron chi connectivity index (χ0n) is 18.5. The van der Waals surface area contributed by atoms with Crippen molar-refractivity contribution in [1.29, 1.82) is 0 Å². The van der Waals surface area contributed by atoms with Crippen molar-refractivity contribution >= 4 is 13.1 Å². The summed E-state index contributed by atoms with van der Waals surface area (Å²) in [6, 6.07) is 9.53. The van der Waals surface area contributed by atoms with Gasteiger partial charge in [-0.15, -0.1) is 0 Å². The smallest absolute Gasteiger partial charge is 0.457 e. The van der Waals surface area contributed by atoms with Crippen molar-refractivity contribution in [3.8, 4) is 0 Å². The van der Waals surface area contributed by atoms with Gasteiger partial charge in [-0.2, -0.15) is 0 Å². The quantitative estimate of drug-likeness (QED) is 0.195. The van der Waals surface area contributed by atoms with E-state index in [0.29, 0.717) is 12.8 Å². The van der Waals surface area contributed by atoms with Crippen LogP contribution in [0.3, 0.4) is 0 Å². The average molecular weight is 413 g/mol. The minimum atomic E-state index is -1.12. The molecule has 2 atom stereocenters. The summed E-state index contributed by atoms with van der Waals surface area (Å²) in [6.07, 6.45) is 4.46. The summed E-state index contributed by atoms with van der Waals surface area (Å²) >= 11 is 0. The third kappa shape index (κ3) is 5.00. The van der Waals surface area contributed by atoms with Gasteiger partial charge in [0.15, 0.2) is 0 Å². The molecule has 1 saturated carbocycles. The number of rotatable bonds is 7. The van der Waals surface area contributed by atoms with Crippen LogP contribution in [-0.2, 0) is 25.4 Å². The summed E-state index contributed by atoms with van der Waals surface area (Å²) in [6.45, 7) is 8.36. The van der Waals surface area contributed by atoms with E-state index in [1.807, 2.05) is 58.0 Å². The van der Waals surface area contributed by atoms with E-state index in [0.717, 1.165) is 31.1 Å². The molecule has 1 aliphatic carbocycles. The Kier molecular flexibility index (Phi) is 6.80. The fraction of sp³-hybridized carbons (Fsp3) is 0.682. The van der Waals surface area contributed by atoms with E-state index in [-0.39, 0.29) is 30.8 Å². The summed E-state index contributed by atoms with van der Waals surface area (Å²) in [5.41, 5.74) is 8.23. The molecule has 8 heteroatoms. The van der Waals surface area contributed by atoms with E-state index in [1.165, 1.54) is 0 Å². The highest BCUT2D eigenvalue weighted by molar-refractivity contribution is 6.45. The molecule has 0 aromatic heterocycles. The number of esters is 1. The van der Waals surface area contributed by atoms with Gasteiger partial charge in [0.2, 0.25) is 0 Å². The van der Waals surface area contributed by atoms with Crippen molar-refractivity contribution in [3.05, 3.63) is 46.3 Å². The van der Waals surface area contributed by atoms with Crippen molar-refractivity contribution in [3.63, 3.8) is 0 Å². The van der Waals surface area contributed by atoms with Crippen LogP contribution < -0.4 is 0 Å². The summed E-state index contributed by atoms with van der Waals surface area (Å²) in [5, 5.41) is 3.95. The Morgan fingerprint density at radius 3 is 2.53 bits per heavy atom. The Morgan fingerprint density at radius 2 is 1.90 bits per heavy atom. The van der Waals surface area contributed by atoms with Crippen LogP contribution >= 0.6 is 0 Å². The van der Waals surface area contributed by atoms with Gasteiger partial charge in [0.1, 0.15) is 12.1 Å². The highest BCUT2D eigenvalue weighted by Crippen LogP contribution is 2.42. The molecule has 1 aromatic carbocycles. The molecule has 1 aliphatic heterocycles. The van der Waals surface area contributed by atoms with Crippen LogP contribution in [0.2, 0.25) is 6.32 Å². The summed E-state index contributed by atoms with van der Waals surface area (Å²) in [7, 11) is -0.254. The zero-order valence-corrected chi connectivity index (χ0v) is 18.5. The first-order valence-corrected chi connectivity index (χ1v) is 10.8. The standard InChI is InChI=1S/C22H32BN3O4/c1-20(2)21(3,4)30-23(29-20)14-12-17-11-8-13-22(15-17,25-26-24)19(27)28-16-18-9-6-5-7-10-18/h5-7,9-10,17H,8,11-16H2,1-4H3/t17-,22+/m0/s1. The number of benzene rings is 1. The van der Waals surface area contributed by atoms with Gasteiger partial charge in [-0.05, 0) is 63.9 Å². The summed E-state index contributed by atoms with van der Waals surface area (Å²) in [4.78, 5) is 15.9. The number of hydrogen-bond acceptors (Lipinski definition) is 5. The molecule has 2 aliphatic rings. The second-order valence-electron chi connectivity index (χ2n) is 9.51. The van der Waals surface area contributed by atoms with E-state index in [4.69, 9.17) is 19.6 Å². The highest BCUT2D eigenvalue weighted by Gasteiger charge is 2.51.